The second-order valence-corrected chi connectivity index (χ2v) is 5.22. The molecule has 0 saturated carbocycles. The van der Waals surface area contributed by atoms with Gasteiger partial charge in [0, 0.05) is 5.39 Å². The second kappa shape index (κ2) is 6.95. The average molecular weight is 323 g/mol. The summed E-state index contributed by atoms with van der Waals surface area (Å²) in [4.78, 5) is 14.8. The zero-order valence-corrected chi connectivity index (χ0v) is 13.2. The van der Waals surface area contributed by atoms with E-state index in [9.17, 15) is 9.90 Å². The van der Waals surface area contributed by atoms with E-state index >= 15 is 0 Å². The van der Waals surface area contributed by atoms with Crippen LogP contribution in [0.15, 0.2) is 58.8 Å². The minimum Gasteiger partial charge on any atom is -0.494 e. The van der Waals surface area contributed by atoms with Gasteiger partial charge in [0.1, 0.15) is 5.75 Å². The Morgan fingerprint density at radius 2 is 1.92 bits per heavy atom. The highest BCUT2D eigenvalue weighted by Crippen LogP contribution is 2.35. The van der Waals surface area contributed by atoms with E-state index in [1.54, 1.807) is 6.07 Å². The number of nitrogens with zero attached hydrogens (tertiary/aromatic N) is 2. The zero-order chi connectivity index (χ0) is 16.9. The molecule has 0 spiro atoms. The molecule has 0 bridgehead atoms. The van der Waals surface area contributed by atoms with Crippen LogP contribution in [-0.2, 0) is 11.2 Å². The maximum Gasteiger partial charge on any atom is 0.269 e. The molecule has 6 heteroatoms. The lowest BCUT2D eigenvalue weighted by Crippen LogP contribution is -1.98. The number of fused-ring (bicyclic) bond motifs is 1. The molecule has 0 fully saturated rings. The number of amides is 1. The number of carbonyl (C=O) groups is 1. The fraction of sp³-hybridized carbons (Fsp3) is 0.167. The van der Waals surface area contributed by atoms with Crippen LogP contribution in [0.1, 0.15) is 12.5 Å². The summed E-state index contributed by atoms with van der Waals surface area (Å²) in [5, 5.41) is 18.2. The van der Waals surface area contributed by atoms with Crippen molar-refractivity contribution in [3.63, 3.8) is 0 Å². The maximum absolute atomic E-state index is 12.0. The monoisotopic (exact) mass is 323 g/mol. The molecule has 6 nitrogen and oxygen atoms in total. The Hall–Kier alpha value is -3.15. The molecule has 0 aliphatic carbocycles. The number of azo groups is 1. The largest absolute Gasteiger partial charge is 0.494 e. The van der Waals surface area contributed by atoms with Crippen molar-refractivity contribution in [1.29, 1.82) is 0 Å². The van der Waals surface area contributed by atoms with Gasteiger partial charge in [0.15, 0.2) is 5.69 Å². The minimum atomic E-state index is -0.385. The van der Waals surface area contributed by atoms with E-state index in [-0.39, 0.29) is 23.9 Å². The van der Waals surface area contributed by atoms with Crippen molar-refractivity contribution in [3.8, 4) is 11.6 Å². The van der Waals surface area contributed by atoms with Crippen LogP contribution >= 0.6 is 0 Å². The molecule has 1 aromatic heterocycles. The van der Waals surface area contributed by atoms with Crippen molar-refractivity contribution in [2.24, 2.45) is 10.2 Å². The first-order chi connectivity index (χ1) is 11.7. The number of rotatable bonds is 5. The summed E-state index contributed by atoms with van der Waals surface area (Å²) < 4.78 is 5.36. The van der Waals surface area contributed by atoms with Crippen LogP contribution in [-0.4, -0.2) is 22.6 Å². The van der Waals surface area contributed by atoms with E-state index in [2.05, 4.69) is 15.2 Å². The number of benzene rings is 2. The fourth-order valence-corrected chi connectivity index (χ4v) is 2.40. The molecule has 0 radical (unpaired) electrons. The molecule has 0 atom stereocenters. The van der Waals surface area contributed by atoms with Crippen LogP contribution in [0.2, 0.25) is 0 Å². The summed E-state index contributed by atoms with van der Waals surface area (Å²) in [5.74, 6) is 0.275. The van der Waals surface area contributed by atoms with Gasteiger partial charge in [0.05, 0.1) is 18.5 Å². The molecule has 0 aliphatic heterocycles. The number of aromatic hydroxyl groups is 1. The van der Waals surface area contributed by atoms with Crippen molar-refractivity contribution in [1.82, 2.24) is 4.98 Å². The van der Waals surface area contributed by atoms with Crippen molar-refractivity contribution >= 4 is 22.5 Å². The molecule has 122 valence electrons. The highest BCUT2D eigenvalue weighted by molar-refractivity contribution is 5.94. The molecule has 1 heterocycles. The van der Waals surface area contributed by atoms with E-state index in [1.165, 1.54) is 0 Å². The Labute approximate surface area is 138 Å². The van der Waals surface area contributed by atoms with E-state index in [0.717, 1.165) is 16.8 Å². The molecule has 0 saturated heterocycles. The van der Waals surface area contributed by atoms with Crippen LogP contribution in [0.25, 0.3) is 10.9 Å². The molecule has 2 N–H and O–H groups in total. The summed E-state index contributed by atoms with van der Waals surface area (Å²) in [6.07, 6.45) is 0.138. The van der Waals surface area contributed by atoms with E-state index in [1.807, 2.05) is 49.4 Å². The van der Waals surface area contributed by atoms with Gasteiger partial charge in [0.2, 0.25) is 5.88 Å². The molecule has 3 rings (SSSR count). The average Bonchev–Trinajstić information content (AvgIpc) is 2.90. The molecule has 1 amide bonds. The van der Waals surface area contributed by atoms with Gasteiger partial charge in [-0.2, -0.15) is 0 Å². The molecule has 0 unspecified atom stereocenters. The summed E-state index contributed by atoms with van der Waals surface area (Å²) in [6.45, 7) is 2.51. The predicted molar refractivity (Wildman–Crippen MR) is 90.8 cm³/mol. The van der Waals surface area contributed by atoms with Gasteiger partial charge >= 0.3 is 0 Å². The van der Waals surface area contributed by atoms with Crippen molar-refractivity contribution in [3.05, 3.63) is 54.1 Å². The Morgan fingerprint density at radius 3 is 2.67 bits per heavy atom. The number of para-hydroxylation sites is 1. The number of hydrogen-bond donors (Lipinski definition) is 2. The molecule has 0 aliphatic rings. The standard InChI is InChI=1S/C18H17N3O3/c1-2-24-13-9-7-12(8-10-13)11-16(22)20-21-17-14-5-3-4-6-15(14)19-18(17)23/h3-10,19,23H,2,11H2,1H3. The smallest absolute Gasteiger partial charge is 0.269 e. The Morgan fingerprint density at radius 1 is 1.17 bits per heavy atom. The number of ether oxygens (including phenoxy) is 1. The molecular weight excluding hydrogens is 306 g/mol. The van der Waals surface area contributed by atoms with E-state index in [4.69, 9.17) is 4.74 Å². The first kappa shape index (κ1) is 15.7. The lowest BCUT2D eigenvalue weighted by molar-refractivity contribution is -0.117. The minimum absolute atomic E-state index is 0.103. The fourth-order valence-electron chi connectivity index (χ4n) is 2.40. The van der Waals surface area contributed by atoms with Crippen molar-refractivity contribution in [2.75, 3.05) is 6.61 Å². The summed E-state index contributed by atoms with van der Waals surface area (Å²) in [6, 6.07) is 14.6. The van der Waals surface area contributed by atoms with Gasteiger partial charge in [-0.3, -0.25) is 4.79 Å². The van der Waals surface area contributed by atoms with Gasteiger partial charge in [-0.05, 0) is 30.7 Å². The normalized spacial score (nSPS) is 11.2. The van der Waals surface area contributed by atoms with Gasteiger partial charge in [0.25, 0.3) is 5.91 Å². The van der Waals surface area contributed by atoms with Gasteiger partial charge in [-0.15, -0.1) is 10.2 Å². The summed E-state index contributed by atoms with van der Waals surface area (Å²) >= 11 is 0. The highest BCUT2D eigenvalue weighted by atomic mass is 16.5. The maximum atomic E-state index is 12.0. The van der Waals surface area contributed by atoms with Crippen LogP contribution in [0, 0.1) is 0 Å². The quantitative estimate of drug-likeness (QED) is 0.692. The third-order valence-electron chi connectivity index (χ3n) is 3.51. The number of aromatic amines is 1. The Balaban J connectivity index is 1.71. The molecular formula is C18H17N3O3. The third-order valence-corrected chi connectivity index (χ3v) is 3.51. The SMILES string of the molecule is CCOc1ccc(CC(=O)N=Nc2c(O)[nH]c3ccccc23)cc1. The summed E-state index contributed by atoms with van der Waals surface area (Å²) in [5.41, 5.74) is 1.83. The van der Waals surface area contributed by atoms with Crippen molar-refractivity contribution < 1.29 is 14.6 Å². The van der Waals surface area contributed by atoms with Crippen LogP contribution in [0.4, 0.5) is 5.69 Å². The highest BCUT2D eigenvalue weighted by Gasteiger charge is 2.10. The van der Waals surface area contributed by atoms with Crippen LogP contribution in [0.5, 0.6) is 11.6 Å². The van der Waals surface area contributed by atoms with E-state index < -0.39 is 0 Å². The lowest BCUT2D eigenvalue weighted by Gasteiger charge is -2.03. The lowest BCUT2D eigenvalue weighted by atomic mass is 10.1. The van der Waals surface area contributed by atoms with E-state index in [0.29, 0.717) is 12.0 Å². The third kappa shape index (κ3) is 3.43. The molecule has 24 heavy (non-hydrogen) atoms. The number of aromatic nitrogens is 1. The molecule has 2 aromatic carbocycles. The van der Waals surface area contributed by atoms with Crippen molar-refractivity contribution in [2.45, 2.75) is 13.3 Å². The zero-order valence-electron chi connectivity index (χ0n) is 13.2. The number of nitrogens with one attached hydrogen (secondary N) is 1. The number of H-pyrrole nitrogens is 1. The van der Waals surface area contributed by atoms with Gasteiger partial charge in [-0.1, -0.05) is 30.3 Å². The first-order valence-corrected chi connectivity index (χ1v) is 7.63. The van der Waals surface area contributed by atoms with Gasteiger partial charge < -0.3 is 14.8 Å². The van der Waals surface area contributed by atoms with Crippen LogP contribution in [0.3, 0.4) is 0 Å². The summed E-state index contributed by atoms with van der Waals surface area (Å²) in [7, 11) is 0. The second-order valence-electron chi connectivity index (χ2n) is 5.22. The molecule has 3 aromatic rings. The number of hydrogen-bond acceptors (Lipinski definition) is 4. The first-order valence-electron chi connectivity index (χ1n) is 7.63. The number of carbonyl (C=O) groups excluding carboxylic acids is 1. The predicted octanol–water partition coefficient (Wildman–Crippen LogP) is 4.13. The Kier molecular flexibility index (Phi) is 4.56. The topological polar surface area (TPSA) is 87.0 Å². The van der Waals surface area contributed by atoms with Gasteiger partial charge in [-0.25, -0.2) is 0 Å². The Bertz CT molecular complexity index is 882. The van der Waals surface area contributed by atoms with Crippen LogP contribution < -0.4 is 4.74 Å².